The van der Waals surface area contributed by atoms with E-state index in [0.717, 1.165) is 37.0 Å². The molecule has 4 saturated carbocycles. The van der Waals surface area contributed by atoms with E-state index in [9.17, 15) is 18.1 Å². The molecule has 30 heavy (non-hydrogen) atoms. The Kier molecular flexibility index (Phi) is 6.37. The Morgan fingerprint density at radius 1 is 1.03 bits per heavy atom. The second-order valence-electron chi connectivity index (χ2n) is 11.7. The molecule has 5 nitrogen and oxygen atoms in total. The van der Waals surface area contributed by atoms with Crippen molar-refractivity contribution >= 4 is 10.4 Å². The van der Waals surface area contributed by atoms with Crippen molar-refractivity contribution < 1.29 is 22.3 Å². The van der Waals surface area contributed by atoms with Gasteiger partial charge in [0.1, 0.15) is 0 Å². The minimum Gasteiger partial charge on any atom is -0.726 e. The van der Waals surface area contributed by atoms with Gasteiger partial charge in [-0.05, 0) is 117 Å². The summed E-state index contributed by atoms with van der Waals surface area (Å²) in [7, 11) is -4.57. The predicted octanol–water partition coefficient (Wildman–Crippen LogP) is 4.90. The zero-order chi connectivity index (χ0) is 21.7. The molecule has 0 aromatic rings. The van der Waals surface area contributed by atoms with Gasteiger partial charge in [-0.25, -0.2) is 8.42 Å². The lowest BCUT2D eigenvalue weighted by molar-refractivity contribution is -0.129. The first-order valence-corrected chi connectivity index (χ1v) is 13.7. The summed E-state index contributed by atoms with van der Waals surface area (Å²) in [5.41, 5.74) is 0.817. The normalized spacial score (nSPS) is 47.2. The fourth-order valence-corrected chi connectivity index (χ4v) is 9.30. The summed E-state index contributed by atoms with van der Waals surface area (Å²) in [4.78, 5) is 0. The van der Waals surface area contributed by atoms with E-state index in [1.165, 1.54) is 44.9 Å². The number of rotatable bonds is 6. The highest BCUT2D eigenvalue weighted by molar-refractivity contribution is 7.80. The van der Waals surface area contributed by atoms with Gasteiger partial charge in [0.15, 0.2) is 0 Å². The molecule has 0 bridgehead atoms. The molecule has 9 atom stereocenters. The van der Waals surface area contributed by atoms with Crippen molar-refractivity contribution in [3.63, 3.8) is 0 Å². The highest BCUT2D eigenvalue weighted by atomic mass is 32.3. The molecule has 0 radical (unpaired) electrons. The third-order valence-corrected chi connectivity index (χ3v) is 10.9. The minimum absolute atomic E-state index is 0.0132. The van der Waals surface area contributed by atoms with E-state index in [-0.39, 0.29) is 12.7 Å². The predicted molar refractivity (Wildman–Crippen MR) is 115 cm³/mol. The van der Waals surface area contributed by atoms with Crippen molar-refractivity contribution in [3.8, 4) is 0 Å². The van der Waals surface area contributed by atoms with Gasteiger partial charge in [0.05, 0.1) is 12.7 Å². The fourth-order valence-electron chi connectivity index (χ4n) is 8.98. The van der Waals surface area contributed by atoms with E-state index in [2.05, 4.69) is 25.0 Å². The lowest BCUT2D eigenvalue weighted by Crippen LogP contribution is -2.54. The Morgan fingerprint density at radius 3 is 2.47 bits per heavy atom. The van der Waals surface area contributed by atoms with Crippen molar-refractivity contribution in [3.05, 3.63) is 0 Å². The summed E-state index contributed by atoms with van der Waals surface area (Å²) in [6.07, 6.45) is 12.6. The van der Waals surface area contributed by atoms with E-state index in [1.54, 1.807) is 0 Å². The molecule has 0 amide bonds. The Hall–Kier alpha value is -0.170. The average Bonchev–Trinajstić information content (AvgIpc) is 3.02. The van der Waals surface area contributed by atoms with Gasteiger partial charge in [-0.3, -0.25) is 4.18 Å². The van der Waals surface area contributed by atoms with Crippen LogP contribution in [0.4, 0.5) is 0 Å². The standard InChI is InChI=1S/C24H42O5S/c1-16(5-4-14-29-30(26,27)28)20-8-9-21-19-7-6-17-15-18(25)10-12-23(17,2)22(19)11-13-24(20,21)3/h16-22,25H,4-15H2,1-3H3,(H,26,27,28)/p-1/t16-,17-,18-,19?,20-,21?,22?,23+,24-/m1/s1. The van der Waals surface area contributed by atoms with Crippen LogP contribution in [-0.4, -0.2) is 30.8 Å². The molecule has 0 spiro atoms. The quantitative estimate of drug-likeness (QED) is 0.360. The molecule has 174 valence electrons. The number of hydrogen-bond acceptors (Lipinski definition) is 5. The number of fused-ring (bicyclic) bond motifs is 5. The first-order valence-electron chi connectivity index (χ1n) is 12.3. The summed E-state index contributed by atoms with van der Waals surface area (Å²) in [5, 5.41) is 10.2. The van der Waals surface area contributed by atoms with Crippen molar-refractivity contribution in [1.29, 1.82) is 0 Å². The third kappa shape index (κ3) is 4.11. The van der Waals surface area contributed by atoms with Gasteiger partial charge in [0.25, 0.3) is 0 Å². The summed E-state index contributed by atoms with van der Waals surface area (Å²) in [5.74, 6) is 4.40. The van der Waals surface area contributed by atoms with E-state index in [1.807, 2.05) is 0 Å². The van der Waals surface area contributed by atoms with Crippen molar-refractivity contribution in [2.75, 3.05) is 6.61 Å². The molecule has 0 aromatic heterocycles. The molecule has 0 saturated heterocycles. The van der Waals surface area contributed by atoms with E-state index >= 15 is 0 Å². The van der Waals surface area contributed by atoms with Crippen molar-refractivity contribution in [1.82, 2.24) is 0 Å². The van der Waals surface area contributed by atoms with Crippen LogP contribution in [0.5, 0.6) is 0 Å². The van der Waals surface area contributed by atoms with Crippen LogP contribution >= 0.6 is 0 Å². The molecule has 0 aliphatic heterocycles. The number of aliphatic hydroxyl groups excluding tert-OH is 1. The van der Waals surface area contributed by atoms with Crippen LogP contribution in [-0.2, 0) is 14.6 Å². The maximum Gasteiger partial charge on any atom is 0.217 e. The summed E-state index contributed by atoms with van der Waals surface area (Å²) in [6.45, 7) is 7.41. The Balaban J connectivity index is 1.41. The van der Waals surface area contributed by atoms with Crippen LogP contribution in [0.15, 0.2) is 0 Å². The second kappa shape index (κ2) is 8.31. The Bertz CT molecular complexity index is 723. The second-order valence-corrected chi connectivity index (χ2v) is 12.7. The molecule has 1 N–H and O–H groups in total. The van der Waals surface area contributed by atoms with Gasteiger partial charge >= 0.3 is 0 Å². The molecule has 4 fully saturated rings. The van der Waals surface area contributed by atoms with Gasteiger partial charge in [0, 0.05) is 0 Å². The number of hydrogen-bond donors (Lipinski definition) is 1. The molecular formula is C24H41O5S-. The highest BCUT2D eigenvalue weighted by Crippen LogP contribution is 2.68. The smallest absolute Gasteiger partial charge is 0.217 e. The van der Waals surface area contributed by atoms with Crippen LogP contribution in [0.3, 0.4) is 0 Å². The zero-order valence-corrected chi connectivity index (χ0v) is 19.8. The lowest BCUT2D eigenvalue weighted by atomic mass is 9.44. The maximum absolute atomic E-state index is 10.7. The first kappa shape index (κ1) is 23.0. The van der Waals surface area contributed by atoms with Gasteiger partial charge in [-0.15, -0.1) is 0 Å². The molecule has 4 rings (SSSR count). The Morgan fingerprint density at radius 2 is 1.73 bits per heavy atom. The number of aliphatic hydroxyl groups is 1. The highest BCUT2D eigenvalue weighted by Gasteiger charge is 2.60. The maximum atomic E-state index is 10.7. The molecule has 0 aromatic carbocycles. The summed E-state index contributed by atoms with van der Waals surface area (Å²) >= 11 is 0. The molecule has 4 aliphatic rings. The van der Waals surface area contributed by atoms with Crippen LogP contribution in [0.25, 0.3) is 0 Å². The first-order chi connectivity index (χ1) is 14.0. The van der Waals surface area contributed by atoms with Crippen LogP contribution in [0, 0.1) is 46.3 Å². The Labute approximate surface area is 183 Å². The van der Waals surface area contributed by atoms with Gasteiger partial charge in [0.2, 0.25) is 10.4 Å². The summed E-state index contributed by atoms with van der Waals surface area (Å²) in [6, 6.07) is 0. The molecule has 4 aliphatic carbocycles. The van der Waals surface area contributed by atoms with E-state index in [0.29, 0.717) is 35.0 Å². The third-order valence-electron chi connectivity index (χ3n) is 10.4. The monoisotopic (exact) mass is 441 g/mol. The van der Waals surface area contributed by atoms with Gasteiger partial charge in [-0.1, -0.05) is 20.8 Å². The molecule has 0 heterocycles. The molecule has 3 unspecified atom stereocenters. The van der Waals surface area contributed by atoms with Crippen LogP contribution in [0.1, 0.15) is 91.4 Å². The minimum atomic E-state index is -4.57. The fraction of sp³-hybridized carbons (Fsp3) is 1.00. The zero-order valence-electron chi connectivity index (χ0n) is 19.0. The van der Waals surface area contributed by atoms with E-state index < -0.39 is 10.4 Å². The topological polar surface area (TPSA) is 86.7 Å². The van der Waals surface area contributed by atoms with Gasteiger partial charge < -0.3 is 9.66 Å². The largest absolute Gasteiger partial charge is 0.726 e. The molecule has 6 heteroatoms. The van der Waals surface area contributed by atoms with Crippen molar-refractivity contribution in [2.45, 2.75) is 97.5 Å². The van der Waals surface area contributed by atoms with Crippen LogP contribution in [0.2, 0.25) is 0 Å². The SMILES string of the molecule is C[C@H](CCCOS(=O)(=O)[O-])[C@H]1CCC2C3CC[C@@H]4C[C@H](O)CC[C@]4(C)C3CC[C@@]21C. The van der Waals surface area contributed by atoms with Crippen LogP contribution < -0.4 is 0 Å². The summed E-state index contributed by atoms with van der Waals surface area (Å²) < 4.78 is 36.4. The lowest BCUT2D eigenvalue weighted by Gasteiger charge is -2.61. The molecular weight excluding hydrogens is 400 g/mol. The van der Waals surface area contributed by atoms with E-state index in [4.69, 9.17) is 0 Å². The van der Waals surface area contributed by atoms with Crippen molar-refractivity contribution in [2.24, 2.45) is 46.3 Å². The van der Waals surface area contributed by atoms with Gasteiger partial charge in [-0.2, -0.15) is 0 Å². The average molecular weight is 442 g/mol.